The highest BCUT2D eigenvalue weighted by Crippen LogP contribution is 2.23. The van der Waals surface area contributed by atoms with Gasteiger partial charge in [0, 0.05) is 6.42 Å². The van der Waals surface area contributed by atoms with Gasteiger partial charge in [0.05, 0.1) is 6.42 Å². The Morgan fingerprint density at radius 1 is 1.25 bits per heavy atom. The van der Waals surface area contributed by atoms with E-state index >= 15 is 0 Å². The summed E-state index contributed by atoms with van der Waals surface area (Å²) in [6, 6.07) is 6.22. The molecular weight excluding hydrogens is 217 g/mol. The third-order valence-corrected chi connectivity index (χ3v) is 2.40. The minimum atomic E-state index is -4.17. The largest absolute Gasteiger partial charge is 0.393 e. The van der Waals surface area contributed by atoms with E-state index in [-0.39, 0.29) is 11.5 Å². The molecule has 0 spiro atoms. The Morgan fingerprint density at radius 3 is 2.25 bits per heavy atom. The maximum absolute atomic E-state index is 12.1. The second kappa shape index (κ2) is 5.14. The predicted octanol–water partition coefficient (Wildman–Crippen LogP) is 3.48. The van der Waals surface area contributed by atoms with Gasteiger partial charge in [0.25, 0.3) is 0 Å². The molecule has 1 unspecified atom stereocenters. The summed E-state index contributed by atoms with van der Waals surface area (Å²) < 4.78 is 36.2. The molecule has 16 heavy (non-hydrogen) atoms. The fourth-order valence-electron chi connectivity index (χ4n) is 1.48. The highest BCUT2D eigenvalue weighted by molar-refractivity contribution is 5.51. The second-order valence-corrected chi connectivity index (χ2v) is 3.84. The molecule has 88 valence electrons. The Hall–Kier alpha value is -1.32. The van der Waals surface area contributed by atoms with Gasteiger partial charge in [-0.1, -0.05) is 31.2 Å². The van der Waals surface area contributed by atoms with Crippen LogP contribution in [0.1, 0.15) is 30.4 Å². The van der Waals surface area contributed by atoms with Gasteiger partial charge in [-0.3, -0.25) is 0 Å². The number of carbonyl (C=O) groups excluding carboxylic acids is 1. The van der Waals surface area contributed by atoms with E-state index < -0.39 is 12.6 Å². The third kappa shape index (κ3) is 4.04. The SMILES string of the molecule is CC(CC=O)c1ccc(CC(F)(F)F)cc1. The lowest BCUT2D eigenvalue weighted by Gasteiger charge is -2.10. The van der Waals surface area contributed by atoms with Crippen LogP contribution >= 0.6 is 0 Å². The summed E-state index contributed by atoms with van der Waals surface area (Å²) in [5, 5.41) is 0. The number of carbonyl (C=O) groups is 1. The van der Waals surface area contributed by atoms with Crippen LogP contribution in [-0.2, 0) is 11.2 Å². The topological polar surface area (TPSA) is 17.1 Å². The van der Waals surface area contributed by atoms with Gasteiger partial charge in [-0.2, -0.15) is 13.2 Å². The molecule has 0 amide bonds. The number of benzene rings is 1. The monoisotopic (exact) mass is 230 g/mol. The molecule has 1 aromatic rings. The van der Waals surface area contributed by atoms with Gasteiger partial charge < -0.3 is 4.79 Å². The van der Waals surface area contributed by atoms with Crippen LogP contribution in [-0.4, -0.2) is 12.5 Å². The number of hydrogen-bond acceptors (Lipinski definition) is 1. The van der Waals surface area contributed by atoms with Gasteiger partial charge in [-0.05, 0) is 17.0 Å². The fourth-order valence-corrected chi connectivity index (χ4v) is 1.48. The van der Waals surface area contributed by atoms with Gasteiger partial charge in [0.15, 0.2) is 0 Å². The minimum Gasteiger partial charge on any atom is -0.303 e. The molecule has 0 N–H and O–H groups in total. The third-order valence-electron chi connectivity index (χ3n) is 2.40. The van der Waals surface area contributed by atoms with Crippen LogP contribution in [0.2, 0.25) is 0 Å². The molecule has 0 heterocycles. The lowest BCUT2D eigenvalue weighted by molar-refractivity contribution is -0.127. The molecule has 0 saturated heterocycles. The Bertz CT molecular complexity index is 340. The maximum atomic E-state index is 12.1. The molecule has 0 aliphatic rings. The molecule has 0 aliphatic carbocycles. The molecule has 0 aromatic heterocycles. The van der Waals surface area contributed by atoms with E-state index in [1.165, 1.54) is 12.1 Å². The lowest BCUT2D eigenvalue weighted by atomic mass is 9.97. The van der Waals surface area contributed by atoms with Gasteiger partial charge >= 0.3 is 6.18 Å². The van der Waals surface area contributed by atoms with E-state index in [9.17, 15) is 18.0 Å². The molecule has 1 rings (SSSR count). The molecule has 1 nitrogen and oxygen atoms in total. The van der Waals surface area contributed by atoms with E-state index in [0.29, 0.717) is 6.42 Å². The van der Waals surface area contributed by atoms with Crippen LogP contribution in [0.5, 0.6) is 0 Å². The molecule has 1 atom stereocenters. The molecule has 0 saturated carbocycles. The zero-order valence-corrected chi connectivity index (χ0v) is 8.92. The molecule has 0 aliphatic heterocycles. The zero-order chi connectivity index (χ0) is 12.2. The summed E-state index contributed by atoms with van der Waals surface area (Å²) in [4.78, 5) is 10.3. The van der Waals surface area contributed by atoms with E-state index in [2.05, 4.69) is 0 Å². The van der Waals surface area contributed by atoms with Gasteiger partial charge in [-0.15, -0.1) is 0 Å². The van der Waals surface area contributed by atoms with Crippen molar-refractivity contribution in [1.82, 2.24) is 0 Å². The average molecular weight is 230 g/mol. The highest BCUT2D eigenvalue weighted by Gasteiger charge is 2.27. The van der Waals surface area contributed by atoms with E-state index in [0.717, 1.165) is 11.8 Å². The first kappa shape index (κ1) is 12.7. The summed E-state index contributed by atoms with van der Waals surface area (Å²) in [6.07, 6.45) is -3.88. The zero-order valence-electron chi connectivity index (χ0n) is 8.92. The van der Waals surface area contributed by atoms with Gasteiger partial charge in [0.2, 0.25) is 0 Å². The van der Waals surface area contributed by atoms with Crippen LogP contribution in [0.3, 0.4) is 0 Å². The Kier molecular flexibility index (Phi) is 4.10. The Morgan fingerprint density at radius 2 is 1.81 bits per heavy atom. The van der Waals surface area contributed by atoms with Crippen LogP contribution in [0.25, 0.3) is 0 Å². The number of aldehydes is 1. The van der Waals surface area contributed by atoms with Crippen LogP contribution in [0.15, 0.2) is 24.3 Å². The van der Waals surface area contributed by atoms with Crippen LogP contribution in [0, 0.1) is 0 Å². The summed E-state index contributed by atoms with van der Waals surface area (Å²) in [5.41, 5.74) is 1.13. The van der Waals surface area contributed by atoms with Crippen molar-refractivity contribution in [2.24, 2.45) is 0 Å². The summed E-state index contributed by atoms with van der Waals surface area (Å²) in [6.45, 7) is 1.87. The molecular formula is C12H13F3O. The van der Waals surface area contributed by atoms with E-state index in [1.807, 2.05) is 6.92 Å². The van der Waals surface area contributed by atoms with Crippen molar-refractivity contribution in [1.29, 1.82) is 0 Å². The summed E-state index contributed by atoms with van der Waals surface area (Å²) >= 11 is 0. The maximum Gasteiger partial charge on any atom is 0.393 e. The van der Waals surface area contributed by atoms with Crippen molar-refractivity contribution in [3.05, 3.63) is 35.4 Å². The second-order valence-electron chi connectivity index (χ2n) is 3.84. The van der Waals surface area contributed by atoms with E-state index in [4.69, 9.17) is 0 Å². The smallest absolute Gasteiger partial charge is 0.303 e. The number of alkyl halides is 3. The number of halogens is 3. The lowest BCUT2D eigenvalue weighted by Crippen LogP contribution is -2.11. The van der Waals surface area contributed by atoms with Crippen LogP contribution < -0.4 is 0 Å². The van der Waals surface area contributed by atoms with Crippen molar-refractivity contribution in [3.8, 4) is 0 Å². The first-order valence-corrected chi connectivity index (χ1v) is 5.01. The fraction of sp³-hybridized carbons (Fsp3) is 0.417. The van der Waals surface area contributed by atoms with Crippen molar-refractivity contribution in [2.75, 3.05) is 0 Å². The molecule has 0 bridgehead atoms. The van der Waals surface area contributed by atoms with Crippen molar-refractivity contribution < 1.29 is 18.0 Å². The Labute approximate surface area is 92.3 Å². The Balaban J connectivity index is 2.71. The minimum absolute atomic E-state index is 0.0532. The van der Waals surface area contributed by atoms with Crippen molar-refractivity contribution in [2.45, 2.75) is 31.9 Å². The van der Waals surface area contributed by atoms with Gasteiger partial charge in [-0.25, -0.2) is 0 Å². The molecule has 0 fully saturated rings. The predicted molar refractivity (Wildman–Crippen MR) is 55.3 cm³/mol. The quantitative estimate of drug-likeness (QED) is 0.724. The van der Waals surface area contributed by atoms with Crippen molar-refractivity contribution in [3.63, 3.8) is 0 Å². The van der Waals surface area contributed by atoms with Crippen LogP contribution in [0.4, 0.5) is 13.2 Å². The highest BCUT2D eigenvalue weighted by atomic mass is 19.4. The van der Waals surface area contributed by atoms with E-state index in [1.54, 1.807) is 12.1 Å². The molecule has 4 heteroatoms. The first-order chi connectivity index (χ1) is 7.42. The summed E-state index contributed by atoms with van der Waals surface area (Å²) in [5.74, 6) is 0.0532. The van der Waals surface area contributed by atoms with Crippen molar-refractivity contribution >= 4 is 6.29 Å². The standard InChI is InChI=1S/C12H13F3O/c1-9(6-7-16)11-4-2-10(3-5-11)8-12(13,14)15/h2-5,7,9H,6,8H2,1H3. The average Bonchev–Trinajstić information content (AvgIpc) is 2.16. The normalized spacial score (nSPS) is 13.5. The molecule has 0 radical (unpaired) electrons. The number of hydrogen-bond donors (Lipinski definition) is 0. The number of rotatable bonds is 4. The molecule has 1 aromatic carbocycles. The first-order valence-electron chi connectivity index (χ1n) is 5.01. The summed E-state index contributed by atoms with van der Waals surface area (Å²) in [7, 11) is 0. The van der Waals surface area contributed by atoms with Gasteiger partial charge in [0.1, 0.15) is 6.29 Å².